The maximum atomic E-state index is 12.6. The fourth-order valence-electron chi connectivity index (χ4n) is 2.95. The molecule has 0 unspecified atom stereocenters. The highest BCUT2D eigenvalue weighted by atomic mass is 16.6. The van der Waals surface area contributed by atoms with Gasteiger partial charge in [-0.2, -0.15) is 0 Å². The van der Waals surface area contributed by atoms with Gasteiger partial charge in [0.2, 0.25) is 5.91 Å². The van der Waals surface area contributed by atoms with E-state index in [1.165, 1.54) is 4.90 Å². The van der Waals surface area contributed by atoms with Crippen molar-refractivity contribution in [3.05, 3.63) is 59.7 Å². The van der Waals surface area contributed by atoms with Crippen molar-refractivity contribution in [3.63, 3.8) is 0 Å². The Morgan fingerprint density at radius 3 is 2.56 bits per heavy atom. The molecule has 130 valence electrons. The number of rotatable bonds is 5. The third-order valence-electron chi connectivity index (χ3n) is 4.32. The summed E-state index contributed by atoms with van der Waals surface area (Å²) in [4.78, 5) is 25.8. The van der Waals surface area contributed by atoms with E-state index in [9.17, 15) is 9.59 Å². The Balaban J connectivity index is 1.64. The molecule has 25 heavy (non-hydrogen) atoms. The lowest BCUT2D eigenvalue weighted by atomic mass is 10.0. The van der Waals surface area contributed by atoms with E-state index >= 15 is 0 Å². The Kier molecular flexibility index (Phi) is 4.88. The second kappa shape index (κ2) is 7.25. The molecule has 0 aromatic heterocycles. The van der Waals surface area contributed by atoms with E-state index in [4.69, 9.17) is 16.2 Å². The smallest absolute Gasteiger partial charge is 0.416 e. The summed E-state index contributed by atoms with van der Waals surface area (Å²) in [6.45, 7) is 0.230. The molecular weight excluding hydrogens is 318 g/mol. The van der Waals surface area contributed by atoms with Crippen LogP contribution < -0.4 is 11.5 Å². The van der Waals surface area contributed by atoms with Crippen LogP contribution in [0, 0.1) is 0 Å². The summed E-state index contributed by atoms with van der Waals surface area (Å²) >= 11 is 0. The molecule has 4 N–H and O–H groups in total. The number of nitrogens with two attached hydrogens (primary N) is 2. The quantitative estimate of drug-likeness (QED) is 0.815. The van der Waals surface area contributed by atoms with E-state index in [0.29, 0.717) is 24.2 Å². The van der Waals surface area contributed by atoms with Crippen molar-refractivity contribution in [2.24, 2.45) is 0 Å². The van der Waals surface area contributed by atoms with Gasteiger partial charge in [0.1, 0.15) is 6.61 Å². The van der Waals surface area contributed by atoms with Crippen molar-refractivity contribution in [2.45, 2.75) is 25.3 Å². The largest absolute Gasteiger partial charge is 0.447 e. The predicted molar refractivity (Wildman–Crippen MR) is 95.7 cm³/mol. The van der Waals surface area contributed by atoms with Gasteiger partial charge in [-0.05, 0) is 36.1 Å². The monoisotopic (exact) mass is 339 g/mol. The molecule has 2 aromatic carbocycles. The minimum atomic E-state index is -0.567. The van der Waals surface area contributed by atoms with Crippen molar-refractivity contribution in [3.8, 4) is 0 Å². The minimum Gasteiger partial charge on any atom is -0.447 e. The average molecular weight is 339 g/mol. The van der Waals surface area contributed by atoms with E-state index in [1.54, 1.807) is 12.1 Å². The summed E-state index contributed by atoms with van der Waals surface area (Å²) in [7, 11) is 0. The summed E-state index contributed by atoms with van der Waals surface area (Å²) in [5.41, 5.74) is 14.5. The van der Waals surface area contributed by atoms with E-state index < -0.39 is 6.09 Å². The number of hydrogen-bond acceptors (Lipinski definition) is 5. The van der Waals surface area contributed by atoms with Crippen molar-refractivity contribution >= 4 is 23.4 Å². The number of anilines is 2. The van der Waals surface area contributed by atoms with Gasteiger partial charge in [0.15, 0.2) is 0 Å². The van der Waals surface area contributed by atoms with Gasteiger partial charge in [-0.25, -0.2) is 9.69 Å². The van der Waals surface area contributed by atoms with Crippen LogP contribution in [0.4, 0.5) is 16.2 Å². The van der Waals surface area contributed by atoms with Gasteiger partial charge in [-0.3, -0.25) is 4.79 Å². The summed E-state index contributed by atoms with van der Waals surface area (Å²) in [5, 5.41) is 0. The van der Waals surface area contributed by atoms with Gasteiger partial charge in [0.25, 0.3) is 0 Å². The number of ether oxygens (including phenoxy) is 1. The number of carbonyl (C=O) groups excluding carboxylic acids is 2. The first-order chi connectivity index (χ1) is 12.0. The Bertz CT molecular complexity index is 777. The van der Waals surface area contributed by atoms with Gasteiger partial charge in [0.05, 0.1) is 17.4 Å². The zero-order valence-corrected chi connectivity index (χ0v) is 13.9. The molecule has 1 aliphatic rings. The Labute approximate surface area is 146 Å². The summed E-state index contributed by atoms with van der Waals surface area (Å²) in [6, 6.07) is 14.8. The minimum absolute atomic E-state index is 0.212. The zero-order valence-electron chi connectivity index (χ0n) is 13.9. The molecule has 1 atom stereocenters. The number of amides is 2. The maximum Gasteiger partial charge on any atom is 0.416 e. The number of nitrogens with zero attached hydrogens (tertiary/aromatic N) is 1. The van der Waals surface area contributed by atoms with Gasteiger partial charge in [0, 0.05) is 6.42 Å². The van der Waals surface area contributed by atoms with Gasteiger partial charge >= 0.3 is 6.09 Å². The fraction of sp³-hybridized carbons (Fsp3) is 0.263. The Morgan fingerprint density at radius 2 is 1.84 bits per heavy atom. The van der Waals surface area contributed by atoms with Crippen LogP contribution in [0.15, 0.2) is 48.5 Å². The molecule has 1 saturated heterocycles. The van der Waals surface area contributed by atoms with Crippen LogP contribution in [-0.2, 0) is 22.4 Å². The maximum absolute atomic E-state index is 12.6. The van der Waals surface area contributed by atoms with Gasteiger partial charge in [-0.1, -0.05) is 36.4 Å². The number of hydrogen-bond donors (Lipinski definition) is 2. The van der Waals surface area contributed by atoms with Crippen molar-refractivity contribution < 1.29 is 14.3 Å². The van der Waals surface area contributed by atoms with Gasteiger partial charge < -0.3 is 16.2 Å². The van der Waals surface area contributed by atoms with Crippen LogP contribution in [0.3, 0.4) is 0 Å². The van der Waals surface area contributed by atoms with Crippen LogP contribution in [0.5, 0.6) is 0 Å². The fourth-order valence-corrected chi connectivity index (χ4v) is 2.95. The molecule has 0 spiro atoms. The van der Waals surface area contributed by atoms with Crippen LogP contribution in [0.1, 0.15) is 17.5 Å². The second-order valence-corrected chi connectivity index (χ2v) is 6.15. The van der Waals surface area contributed by atoms with Gasteiger partial charge in [-0.15, -0.1) is 0 Å². The summed E-state index contributed by atoms with van der Waals surface area (Å²) in [6.07, 6.45) is 0.727. The zero-order chi connectivity index (χ0) is 17.8. The third-order valence-corrected chi connectivity index (χ3v) is 4.32. The SMILES string of the molecule is Nc1ccc(CCC(=O)N2C(=O)OC[C@H]2Cc2ccccc2)cc1N. The molecule has 1 heterocycles. The highest BCUT2D eigenvalue weighted by molar-refractivity contribution is 5.93. The highest BCUT2D eigenvalue weighted by Crippen LogP contribution is 2.21. The standard InChI is InChI=1S/C19H21N3O3/c20-16-8-6-14(11-17(16)21)7-9-18(23)22-15(12-25-19(22)24)10-13-4-2-1-3-5-13/h1-6,8,11,15H,7,9-10,12,20-21H2/t15-/m1/s1. The molecule has 6 heteroatoms. The Hall–Kier alpha value is -3.02. The number of imide groups is 1. The first kappa shape index (κ1) is 16.8. The lowest BCUT2D eigenvalue weighted by Crippen LogP contribution is -2.40. The van der Waals surface area contributed by atoms with Crippen LogP contribution >= 0.6 is 0 Å². The summed E-state index contributed by atoms with van der Waals surface area (Å²) < 4.78 is 5.09. The highest BCUT2D eigenvalue weighted by Gasteiger charge is 2.37. The third kappa shape index (κ3) is 3.91. The molecule has 2 aromatic rings. The summed E-state index contributed by atoms with van der Waals surface area (Å²) in [5.74, 6) is -0.237. The molecule has 0 radical (unpaired) electrons. The number of carbonyl (C=O) groups is 2. The second-order valence-electron chi connectivity index (χ2n) is 6.15. The van der Waals surface area contributed by atoms with E-state index in [0.717, 1.165) is 11.1 Å². The van der Waals surface area contributed by atoms with Crippen LogP contribution in [0.2, 0.25) is 0 Å². The molecule has 1 aliphatic heterocycles. The van der Waals surface area contributed by atoms with Crippen molar-refractivity contribution in [2.75, 3.05) is 18.1 Å². The molecule has 6 nitrogen and oxygen atoms in total. The topological polar surface area (TPSA) is 98.7 Å². The molecule has 1 fully saturated rings. The molecule has 0 aliphatic carbocycles. The number of nitrogen functional groups attached to an aromatic ring is 2. The molecule has 2 amide bonds. The normalized spacial score (nSPS) is 16.7. The number of cyclic esters (lactones) is 1. The molecule has 0 bridgehead atoms. The van der Waals surface area contributed by atoms with E-state index in [-0.39, 0.29) is 25.0 Å². The number of aryl methyl sites for hydroxylation is 1. The van der Waals surface area contributed by atoms with E-state index in [1.807, 2.05) is 36.4 Å². The van der Waals surface area contributed by atoms with Crippen molar-refractivity contribution in [1.82, 2.24) is 4.90 Å². The van der Waals surface area contributed by atoms with Crippen LogP contribution in [-0.4, -0.2) is 29.5 Å². The molecule has 0 saturated carbocycles. The lowest BCUT2D eigenvalue weighted by molar-refractivity contribution is -0.129. The predicted octanol–water partition coefficient (Wildman–Crippen LogP) is 2.37. The average Bonchev–Trinajstić information content (AvgIpc) is 2.97. The van der Waals surface area contributed by atoms with Crippen LogP contribution in [0.25, 0.3) is 0 Å². The number of benzene rings is 2. The Morgan fingerprint density at radius 1 is 1.08 bits per heavy atom. The van der Waals surface area contributed by atoms with Crippen molar-refractivity contribution in [1.29, 1.82) is 0 Å². The first-order valence-corrected chi connectivity index (χ1v) is 8.21. The molecule has 3 rings (SSSR count). The van der Waals surface area contributed by atoms with E-state index in [2.05, 4.69) is 0 Å². The lowest BCUT2D eigenvalue weighted by Gasteiger charge is -2.19. The first-order valence-electron chi connectivity index (χ1n) is 8.21. The molecular formula is C19H21N3O3.